The number of anilines is 1. The Hall–Kier alpha value is -2.77. The van der Waals surface area contributed by atoms with Crippen molar-refractivity contribution in [2.24, 2.45) is 0 Å². The summed E-state index contributed by atoms with van der Waals surface area (Å²) in [6.07, 6.45) is 1.69. The van der Waals surface area contributed by atoms with Crippen LogP contribution < -0.4 is 14.8 Å². The minimum absolute atomic E-state index is 0.196. The molecular formula is C16H20N4O4. The average molecular weight is 332 g/mol. The number of ether oxygens (including phenoxy) is 2. The molecule has 1 aliphatic heterocycles. The van der Waals surface area contributed by atoms with Crippen molar-refractivity contribution in [2.75, 3.05) is 26.1 Å². The molecule has 8 nitrogen and oxygen atoms in total. The first kappa shape index (κ1) is 16.1. The average Bonchev–Trinajstić information content (AvgIpc) is 3.22. The third-order valence-electron chi connectivity index (χ3n) is 3.94. The summed E-state index contributed by atoms with van der Waals surface area (Å²) >= 11 is 0. The van der Waals surface area contributed by atoms with Gasteiger partial charge in [-0.3, -0.25) is 0 Å². The molecule has 128 valence electrons. The molecule has 2 amide bonds. The topological polar surface area (TPSA) is 89.7 Å². The molecule has 1 saturated heterocycles. The van der Waals surface area contributed by atoms with Gasteiger partial charge in [0.25, 0.3) is 0 Å². The Kier molecular flexibility index (Phi) is 4.54. The normalized spacial score (nSPS) is 17.0. The van der Waals surface area contributed by atoms with Crippen LogP contribution in [0, 0.1) is 6.92 Å². The van der Waals surface area contributed by atoms with E-state index in [0.29, 0.717) is 35.4 Å². The predicted molar refractivity (Wildman–Crippen MR) is 86.3 cm³/mol. The number of hydrogen-bond donors (Lipinski definition) is 1. The molecule has 1 aromatic heterocycles. The molecule has 1 N–H and O–H groups in total. The van der Waals surface area contributed by atoms with Crippen LogP contribution in [0.3, 0.4) is 0 Å². The molecule has 0 saturated carbocycles. The van der Waals surface area contributed by atoms with E-state index in [2.05, 4.69) is 15.5 Å². The number of methoxy groups -OCH3 is 2. The standard InChI is InChI=1S/C16H20N4O4/c1-10-17-15(24-19-10)14-5-4-6-20(14)16(21)18-11-7-12(22-2)9-13(8-11)23-3/h7-9,14H,4-6H2,1-3H3,(H,18,21). The van der Waals surface area contributed by atoms with E-state index in [-0.39, 0.29) is 12.1 Å². The summed E-state index contributed by atoms with van der Waals surface area (Å²) in [6, 6.07) is 4.81. The Balaban J connectivity index is 1.76. The molecule has 2 aromatic rings. The zero-order valence-corrected chi connectivity index (χ0v) is 13.9. The second-order valence-electron chi connectivity index (χ2n) is 5.56. The van der Waals surface area contributed by atoms with Crippen molar-refractivity contribution in [1.29, 1.82) is 0 Å². The van der Waals surface area contributed by atoms with Crippen LogP contribution in [-0.2, 0) is 0 Å². The summed E-state index contributed by atoms with van der Waals surface area (Å²) in [5.74, 6) is 2.25. The molecule has 0 radical (unpaired) electrons. The number of urea groups is 1. The van der Waals surface area contributed by atoms with Crippen LogP contribution in [0.15, 0.2) is 22.7 Å². The summed E-state index contributed by atoms with van der Waals surface area (Å²) < 4.78 is 15.7. The first-order valence-electron chi connectivity index (χ1n) is 7.71. The van der Waals surface area contributed by atoms with Gasteiger partial charge in [0.2, 0.25) is 5.89 Å². The second-order valence-corrected chi connectivity index (χ2v) is 5.56. The molecule has 1 aromatic carbocycles. The van der Waals surface area contributed by atoms with Crippen LogP contribution >= 0.6 is 0 Å². The quantitative estimate of drug-likeness (QED) is 0.926. The van der Waals surface area contributed by atoms with E-state index in [9.17, 15) is 4.79 Å². The summed E-state index contributed by atoms with van der Waals surface area (Å²) in [5.41, 5.74) is 0.601. The van der Waals surface area contributed by atoms with Crippen molar-refractivity contribution >= 4 is 11.7 Å². The van der Waals surface area contributed by atoms with Gasteiger partial charge >= 0.3 is 6.03 Å². The maximum atomic E-state index is 12.6. The molecule has 0 spiro atoms. The molecule has 3 rings (SSSR count). The van der Waals surface area contributed by atoms with Crippen molar-refractivity contribution in [3.05, 3.63) is 29.9 Å². The summed E-state index contributed by atoms with van der Waals surface area (Å²) in [4.78, 5) is 18.6. The summed E-state index contributed by atoms with van der Waals surface area (Å²) in [7, 11) is 3.13. The van der Waals surface area contributed by atoms with Gasteiger partial charge in [-0.25, -0.2) is 4.79 Å². The molecular weight excluding hydrogens is 312 g/mol. The molecule has 0 bridgehead atoms. The molecule has 1 aliphatic rings. The molecule has 2 heterocycles. The number of rotatable bonds is 4. The van der Waals surface area contributed by atoms with Crippen molar-refractivity contribution < 1.29 is 18.8 Å². The highest BCUT2D eigenvalue weighted by Gasteiger charge is 2.34. The number of carbonyl (C=O) groups is 1. The van der Waals surface area contributed by atoms with E-state index in [1.807, 2.05) is 0 Å². The summed E-state index contributed by atoms with van der Waals surface area (Å²) in [6.45, 7) is 2.40. The fourth-order valence-electron chi connectivity index (χ4n) is 2.79. The van der Waals surface area contributed by atoms with Crippen LogP contribution in [0.5, 0.6) is 11.5 Å². The van der Waals surface area contributed by atoms with Crippen LogP contribution in [-0.4, -0.2) is 41.8 Å². The lowest BCUT2D eigenvalue weighted by molar-refractivity contribution is 0.193. The Labute approximate surface area is 139 Å². The number of amides is 2. The van der Waals surface area contributed by atoms with Crippen molar-refractivity contribution in [3.8, 4) is 11.5 Å². The fraction of sp³-hybridized carbons (Fsp3) is 0.438. The molecule has 1 fully saturated rings. The lowest BCUT2D eigenvalue weighted by atomic mass is 10.2. The number of aryl methyl sites for hydroxylation is 1. The van der Waals surface area contributed by atoms with Gasteiger partial charge in [-0.15, -0.1) is 0 Å². The number of hydrogen-bond acceptors (Lipinski definition) is 6. The van der Waals surface area contributed by atoms with Gasteiger partial charge in [0.05, 0.1) is 14.2 Å². The lowest BCUT2D eigenvalue weighted by Gasteiger charge is -2.22. The maximum absolute atomic E-state index is 12.6. The van der Waals surface area contributed by atoms with Crippen molar-refractivity contribution in [2.45, 2.75) is 25.8 Å². The van der Waals surface area contributed by atoms with E-state index >= 15 is 0 Å². The van der Waals surface area contributed by atoms with Crippen molar-refractivity contribution in [3.63, 3.8) is 0 Å². The zero-order chi connectivity index (χ0) is 17.1. The SMILES string of the molecule is COc1cc(NC(=O)N2CCCC2c2nc(C)no2)cc(OC)c1. The molecule has 0 aliphatic carbocycles. The van der Waals surface area contributed by atoms with Crippen molar-refractivity contribution in [1.82, 2.24) is 15.0 Å². The number of nitrogens with zero attached hydrogens (tertiary/aromatic N) is 3. The minimum atomic E-state index is -0.219. The lowest BCUT2D eigenvalue weighted by Crippen LogP contribution is -2.34. The first-order valence-corrected chi connectivity index (χ1v) is 7.71. The number of likely N-dealkylation sites (tertiary alicyclic amines) is 1. The van der Waals surface area contributed by atoms with Crippen LogP contribution in [0.1, 0.15) is 30.6 Å². The minimum Gasteiger partial charge on any atom is -0.497 e. The predicted octanol–water partition coefficient (Wildman–Crippen LogP) is 2.76. The van der Waals surface area contributed by atoms with Gasteiger partial charge in [-0.1, -0.05) is 5.16 Å². The van der Waals surface area contributed by atoms with Crippen LogP contribution in [0.25, 0.3) is 0 Å². The largest absolute Gasteiger partial charge is 0.497 e. The number of nitrogens with one attached hydrogen (secondary N) is 1. The highest BCUT2D eigenvalue weighted by molar-refractivity contribution is 5.90. The van der Waals surface area contributed by atoms with Gasteiger partial charge in [-0.2, -0.15) is 4.98 Å². The number of aromatic nitrogens is 2. The number of benzene rings is 1. The fourth-order valence-corrected chi connectivity index (χ4v) is 2.79. The van der Waals surface area contributed by atoms with Crippen LogP contribution in [0.2, 0.25) is 0 Å². The Morgan fingerprint density at radius 1 is 1.29 bits per heavy atom. The van der Waals surface area contributed by atoms with E-state index < -0.39 is 0 Å². The smallest absolute Gasteiger partial charge is 0.322 e. The van der Waals surface area contributed by atoms with Gasteiger partial charge < -0.3 is 24.2 Å². The van der Waals surface area contributed by atoms with E-state index in [1.165, 1.54) is 0 Å². The molecule has 8 heteroatoms. The van der Waals surface area contributed by atoms with E-state index in [4.69, 9.17) is 14.0 Å². The van der Waals surface area contributed by atoms with E-state index in [0.717, 1.165) is 12.8 Å². The Morgan fingerprint density at radius 2 is 2.00 bits per heavy atom. The highest BCUT2D eigenvalue weighted by Crippen LogP contribution is 2.32. The van der Waals surface area contributed by atoms with Gasteiger partial charge in [0, 0.05) is 30.4 Å². The maximum Gasteiger partial charge on any atom is 0.322 e. The third-order valence-corrected chi connectivity index (χ3v) is 3.94. The van der Waals surface area contributed by atoms with Gasteiger partial charge in [0.1, 0.15) is 17.5 Å². The summed E-state index contributed by atoms with van der Waals surface area (Å²) in [5, 5.41) is 6.68. The van der Waals surface area contributed by atoms with Gasteiger partial charge in [-0.05, 0) is 19.8 Å². The second kappa shape index (κ2) is 6.77. The van der Waals surface area contributed by atoms with Crippen LogP contribution in [0.4, 0.5) is 10.5 Å². The first-order chi connectivity index (χ1) is 11.6. The highest BCUT2D eigenvalue weighted by atomic mass is 16.5. The van der Waals surface area contributed by atoms with Gasteiger partial charge in [0.15, 0.2) is 5.82 Å². The third kappa shape index (κ3) is 3.27. The molecule has 1 atom stereocenters. The number of carbonyl (C=O) groups excluding carboxylic acids is 1. The Morgan fingerprint density at radius 3 is 2.58 bits per heavy atom. The molecule has 1 unspecified atom stereocenters. The zero-order valence-electron chi connectivity index (χ0n) is 13.9. The van der Waals surface area contributed by atoms with E-state index in [1.54, 1.807) is 44.2 Å². The Bertz CT molecular complexity index is 708. The molecule has 24 heavy (non-hydrogen) atoms. The monoisotopic (exact) mass is 332 g/mol.